The van der Waals surface area contributed by atoms with Crippen LogP contribution in [0.25, 0.3) is 104 Å². The Kier molecular flexibility index (Phi) is 5.08. The van der Waals surface area contributed by atoms with Gasteiger partial charge in [-0.2, -0.15) is 0 Å². The molecule has 0 radical (unpaired) electrons. The van der Waals surface area contributed by atoms with Gasteiger partial charge in [-0.15, -0.1) is 0 Å². The molecular weight excluding hydrogens is 607 g/mol. The van der Waals surface area contributed by atoms with Crippen molar-refractivity contribution in [1.82, 2.24) is 14.0 Å². The molecule has 0 N–H and O–H groups in total. The summed E-state index contributed by atoms with van der Waals surface area (Å²) in [5, 5.41) is 14.1. The van der Waals surface area contributed by atoms with E-state index in [-0.39, 0.29) is 0 Å². The second-order valence-electron chi connectivity index (χ2n) is 13.8. The number of fused-ring (bicyclic) bond motifs is 19. The molecule has 3 aromatic heterocycles. The Morgan fingerprint density at radius 2 is 1.24 bits per heavy atom. The maximum atomic E-state index is 5.17. The maximum Gasteiger partial charge on any atom is 0.146 e. The highest BCUT2D eigenvalue weighted by atomic mass is 15.0. The van der Waals surface area contributed by atoms with Crippen LogP contribution in [-0.2, 0) is 6.42 Å². The number of rotatable bonds is 1. The lowest BCUT2D eigenvalue weighted by atomic mass is 9.86. The first kappa shape index (κ1) is 26.5. The van der Waals surface area contributed by atoms with Crippen LogP contribution in [0, 0.1) is 0 Å². The Bertz CT molecular complexity index is 3320. The van der Waals surface area contributed by atoms with E-state index in [0.29, 0.717) is 0 Å². The van der Waals surface area contributed by atoms with Gasteiger partial charge < -0.3 is 4.57 Å². The largest absolute Gasteiger partial charge is 0.309 e. The van der Waals surface area contributed by atoms with Crippen LogP contribution < -0.4 is 0 Å². The van der Waals surface area contributed by atoms with Gasteiger partial charge in [-0.3, -0.25) is 4.40 Å². The van der Waals surface area contributed by atoms with Crippen molar-refractivity contribution >= 4 is 98.6 Å². The van der Waals surface area contributed by atoms with Crippen molar-refractivity contribution < 1.29 is 0 Å². The zero-order valence-corrected chi connectivity index (χ0v) is 27.2. The van der Waals surface area contributed by atoms with Gasteiger partial charge in [0, 0.05) is 27.2 Å². The van der Waals surface area contributed by atoms with E-state index in [4.69, 9.17) is 4.98 Å². The van der Waals surface area contributed by atoms with E-state index in [1.165, 1.54) is 81.4 Å². The summed E-state index contributed by atoms with van der Waals surface area (Å²) in [6.07, 6.45) is 6.82. The van der Waals surface area contributed by atoms with Gasteiger partial charge in [-0.1, -0.05) is 109 Å². The Morgan fingerprint density at radius 1 is 0.480 bits per heavy atom. The molecule has 3 heterocycles. The molecule has 232 valence electrons. The second kappa shape index (κ2) is 9.58. The van der Waals surface area contributed by atoms with Crippen molar-refractivity contribution in [3.63, 3.8) is 0 Å². The number of pyridine rings is 1. The van der Waals surface area contributed by atoms with Crippen LogP contribution in [0.2, 0.25) is 0 Å². The monoisotopic (exact) mass is 635 g/mol. The molecule has 0 fully saturated rings. The van der Waals surface area contributed by atoms with Gasteiger partial charge in [0.05, 0.1) is 27.6 Å². The Labute approximate surface area is 286 Å². The van der Waals surface area contributed by atoms with Crippen molar-refractivity contribution in [3.05, 3.63) is 157 Å². The lowest BCUT2D eigenvalue weighted by Crippen LogP contribution is -1.99. The minimum absolute atomic E-state index is 0.996. The molecule has 0 saturated carbocycles. The fourth-order valence-corrected chi connectivity index (χ4v) is 9.17. The third-order valence-corrected chi connectivity index (χ3v) is 11.3. The van der Waals surface area contributed by atoms with Gasteiger partial charge in [0.15, 0.2) is 0 Å². The topological polar surface area (TPSA) is 22.2 Å². The Morgan fingerprint density at radius 3 is 2.14 bits per heavy atom. The van der Waals surface area contributed by atoms with E-state index in [0.717, 1.165) is 40.7 Å². The van der Waals surface area contributed by atoms with Gasteiger partial charge in [-0.05, 0) is 104 Å². The van der Waals surface area contributed by atoms with E-state index in [1.807, 2.05) is 0 Å². The summed E-state index contributed by atoms with van der Waals surface area (Å²) in [5.74, 6) is 0. The smallest absolute Gasteiger partial charge is 0.146 e. The molecule has 0 saturated heterocycles. The molecule has 0 amide bonds. The van der Waals surface area contributed by atoms with Crippen LogP contribution in [0.3, 0.4) is 0 Å². The highest BCUT2D eigenvalue weighted by Gasteiger charge is 2.21. The third kappa shape index (κ3) is 3.36. The van der Waals surface area contributed by atoms with Gasteiger partial charge in [0.25, 0.3) is 0 Å². The highest BCUT2D eigenvalue weighted by Crippen LogP contribution is 2.44. The number of aromatic nitrogens is 3. The van der Waals surface area contributed by atoms with Crippen LogP contribution in [0.5, 0.6) is 0 Å². The van der Waals surface area contributed by atoms with Crippen LogP contribution in [0.15, 0.2) is 146 Å². The molecular formula is C47H29N3. The number of hydrogen-bond acceptors (Lipinski definition) is 1. The summed E-state index contributed by atoms with van der Waals surface area (Å²) in [6, 6.07) is 51.6. The quantitative estimate of drug-likeness (QED) is 0.165. The van der Waals surface area contributed by atoms with E-state index >= 15 is 0 Å². The van der Waals surface area contributed by atoms with E-state index in [2.05, 4.69) is 161 Å². The van der Waals surface area contributed by atoms with Gasteiger partial charge in [0.1, 0.15) is 5.65 Å². The summed E-state index contributed by atoms with van der Waals surface area (Å²) < 4.78 is 4.87. The molecule has 1 aliphatic carbocycles. The Hall–Kier alpha value is -6.45. The fourth-order valence-electron chi connectivity index (χ4n) is 9.17. The number of hydrogen-bond donors (Lipinski definition) is 0. The van der Waals surface area contributed by atoms with E-state index in [9.17, 15) is 0 Å². The summed E-state index contributed by atoms with van der Waals surface area (Å²) in [6.45, 7) is 0. The number of imidazole rings is 1. The third-order valence-electron chi connectivity index (χ3n) is 11.3. The fraction of sp³-hybridized carbons (Fsp3) is 0.0426. The normalized spacial score (nSPS) is 13.4. The molecule has 8 aromatic carbocycles. The predicted molar refractivity (Wildman–Crippen MR) is 212 cm³/mol. The molecule has 0 bridgehead atoms. The number of allylic oxidation sites excluding steroid dienone is 1. The first-order chi connectivity index (χ1) is 24.8. The van der Waals surface area contributed by atoms with Gasteiger partial charge >= 0.3 is 0 Å². The summed E-state index contributed by atoms with van der Waals surface area (Å²) in [4.78, 5) is 5.17. The molecule has 50 heavy (non-hydrogen) atoms. The summed E-state index contributed by atoms with van der Waals surface area (Å²) in [5.41, 5.74) is 10.7. The number of benzene rings is 8. The molecule has 0 aliphatic heterocycles. The van der Waals surface area contributed by atoms with Crippen LogP contribution in [0.4, 0.5) is 0 Å². The SMILES string of the molecule is C1=Cc2c(c3cc4c5c6ccccc6ccc5n(-c5ccc6c7ccccc7c7nc8ccccc8n7c6c5)c4cc3c3ccccc23)CC1. The first-order valence-corrected chi connectivity index (χ1v) is 17.5. The van der Waals surface area contributed by atoms with Crippen LogP contribution in [0.1, 0.15) is 17.5 Å². The number of para-hydroxylation sites is 2. The van der Waals surface area contributed by atoms with E-state index in [1.54, 1.807) is 0 Å². The van der Waals surface area contributed by atoms with Crippen molar-refractivity contribution in [1.29, 1.82) is 0 Å². The zero-order chi connectivity index (χ0) is 32.5. The second-order valence-corrected chi connectivity index (χ2v) is 13.8. The van der Waals surface area contributed by atoms with Crippen molar-refractivity contribution in [3.8, 4) is 5.69 Å². The summed E-state index contributed by atoms with van der Waals surface area (Å²) in [7, 11) is 0. The van der Waals surface area contributed by atoms with Crippen LogP contribution >= 0.6 is 0 Å². The average Bonchev–Trinajstić information content (AvgIpc) is 3.74. The molecule has 11 aromatic rings. The molecule has 0 unspecified atom stereocenters. The minimum atomic E-state index is 0.996. The van der Waals surface area contributed by atoms with Gasteiger partial charge in [-0.25, -0.2) is 4.98 Å². The van der Waals surface area contributed by atoms with Gasteiger partial charge in [0.2, 0.25) is 0 Å². The summed E-state index contributed by atoms with van der Waals surface area (Å²) >= 11 is 0. The van der Waals surface area contributed by atoms with Crippen molar-refractivity contribution in [2.75, 3.05) is 0 Å². The molecule has 3 nitrogen and oxygen atoms in total. The first-order valence-electron chi connectivity index (χ1n) is 17.5. The van der Waals surface area contributed by atoms with Crippen LogP contribution in [-0.4, -0.2) is 14.0 Å². The molecule has 1 aliphatic rings. The number of aryl methyl sites for hydroxylation is 1. The lowest BCUT2D eigenvalue weighted by molar-refractivity contribution is 1.00. The maximum absolute atomic E-state index is 5.17. The van der Waals surface area contributed by atoms with Crippen molar-refractivity contribution in [2.24, 2.45) is 0 Å². The van der Waals surface area contributed by atoms with E-state index < -0.39 is 0 Å². The number of nitrogens with zero attached hydrogens (tertiary/aromatic N) is 3. The Balaban J connectivity index is 1.28. The zero-order valence-electron chi connectivity index (χ0n) is 27.2. The molecule has 12 rings (SSSR count). The minimum Gasteiger partial charge on any atom is -0.309 e. The molecule has 3 heteroatoms. The predicted octanol–water partition coefficient (Wildman–Crippen LogP) is 12.3. The average molecular weight is 636 g/mol. The lowest BCUT2D eigenvalue weighted by Gasteiger charge is -2.18. The standard InChI is InChI=1S/C47H29N3/c1-2-12-30-28(11-1)21-24-43-46(30)40-26-38-33-15-5-3-13-31(33)32-14-4-6-16-34(32)39(38)27-45(40)49(43)29-22-23-36-35-17-7-8-18-37(35)47-48-41-19-9-10-20-42(41)50(47)44(36)25-29/h1-4,6-14,16-27H,5,15H2. The molecule has 0 spiro atoms. The van der Waals surface area contributed by atoms with Crippen molar-refractivity contribution in [2.45, 2.75) is 12.8 Å². The molecule has 0 atom stereocenters. The highest BCUT2D eigenvalue weighted by molar-refractivity contribution is 6.26.